The second kappa shape index (κ2) is 7.04. The summed E-state index contributed by atoms with van der Waals surface area (Å²) in [6, 6.07) is 18.2. The van der Waals surface area contributed by atoms with Crippen LogP contribution in [0.15, 0.2) is 60.8 Å². The van der Waals surface area contributed by atoms with E-state index in [4.69, 9.17) is 0 Å². The zero-order valence-corrected chi connectivity index (χ0v) is 14.9. The molecule has 1 N–H and O–H groups in total. The van der Waals surface area contributed by atoms with E-state index >= 15 is 0 Å². The van der Waals surface area contributed by atoms with Gasteiger partial charge in [0, 0.05) is 43.4 Å². The smallest absolute Gasteiger partial charge is 0.321 e. The molecule has 0 bridgehead atoms. The van der Waals surface area contributed by atoms with Crippen LogP contribution in [0.1, 0.15) is 5.56 Å². The number of carbonyl (C=O) groups excluding carboxylic acids is 1. The summed E-state index contributed by atoms with van der Waals surface area (Å²) in [4.78, 5) is 21.2. The van der Waals surface area contributed by atoms with Crippen LogP contribution in [-0.4, -0.2) is 42.1 Å². The van der Waals surface area contributed by atoms with Gasteiger partial charge in [-0.1, -0.05) is 36.4 Å². The SMILES string of the molecule is Cc1cccc(NC(=O)N2CCN(c3nccc4ccccc34)CC2)c1. The molecule has 2 aromatic carbocycles. The van der Waals surface area contributed by atoms with Gasteiger partial charge in [0.25, 0.3) is 0 Å². The molecule has 1 aliphatic heterocycles. The zero-order valence-electron chi connectivity index (χ0n) is 14.9. The topological polar surface area (TPSA) is 48.5 Å². The highest BCUT2D eigenvalue weighted by Crippen LogP contribution is 2.25. The van der Waals surface area contributed by atoms with Gasteiger partial charge in [-0.3, -0.25) is 0 Å². The lowest BCUT2D eigenvalue weighted by Crippen LogP contribution is -2.50. The van der Waals surface area contributed by atoms with E-state index in [1.165, 1.54) is 5.39 Å². The minimum absolute atomic E-state index is 0.0406. The minimum atomic E-state index is -0.0406. The summed E-state index contributed by atoms with van der Waals surface area (Å²) in [6.45, 7) is 4.95. The van der Waals surface area contributed by atoms with E-state index in [2.05, 4.69) is 27.3 Å². The van der Waals surface area contributed by atoms with E-state index in [1.807, 2.05) is 60.5 Å². The Morgan fingerprint density at radius 3 is 2.62 bits per heavy atom. The molecule has 26 heavy (non-hydrogen) atoms. The molecule has 1 fully saturated rings. The molecule has 1 aromatic heterocycles. The Hall–Kier alpha value is -3.08. The number of piperazine rings is 1. The lowest BCUT2D eigenvalue weighted by Gasteiger charge is -2.35. The molecule has 0 spiro atoms. The van der Waals surface area contributed by atoms with E-state index in [-0.39, 0.29) is 6.03 Å². The summed E-state index contributed by atoms with van der Waals surface area (Å²) in [5.41, 5.74) is 1.97. The van der Waals surface area contributed by atoms with Crippen LogP contribution in [-0.2, 0) is 0 Å². The summed E-state index contributed by atoms with van der Waals surface area (Å²) < 4.78 is 0. The Morgan fingerprint density at radius 2 is 1.81 bits per heavy atom. The van der Waals surface area contributed by atoms with Crippen LogP contribution < -0.4 is 10.2 Å². The van der Waals surface area contributed by atoms with E-state index in [1.54, 1.807) is 0 Å². The van der Waals surface area contributed by atoms with Crippen LogP contribution in [0.2, 0.25) is 0 Å². The maximum absolute atomic E-state index is 12.5. The molecule has 0 aliphatic carbocycles. The van der Waals surface area contributed by atoms with Crippen molar-refractivity contribution in [3.8, 4) is 0 Å². The van der Waals surface area contributed by atoms with Crippen molar-refractivity contribution in [2.24, 2.45) is 0 Å². The molecule has 4 rings (SSSR count). The Balaban J connectivity index is 1.43. The molecule has 1 saturated heterocycles. The quantitative estimate of drug-likeness (QED) is 0.766. The molecular weight excluding hydrogens is 324 g/mol. The van der Waals surface area contributed by atoms with Crippen LogP contribution in [0.4, 0.5) is 16.3 Å². The molecule has 1 aliphatic rings. The highest BCUT2D eigenvalue weighted by molar-refractivity contribution is 5.92. The van der Waals surface area contributed by atoms with Crippen molar-refractivity contribution in [3.05, 3.63) is 66.4 Å². The number of urea groups is 1. The van der Waals surface area contributed by atoms with Gasteiger partial charge < -0.3 is 15.1 Å². The number of hydrogen-bond donors (Lipinski definition) is 1. The molecule has 5 heteroatoms. The third-order valence-corrected chi connectivity index (χ3v) is 4.79. The molecule has 0 radical (unpaired) electrons. The van der Waals surface area contributed by atoms with Gasteiger partial charge >= 0.3 is 6.03 Å². The van der Waals surface area contributed by atoms with Crippen LogP contribution in [0.3, 0.4) is 0 Å². The van der Waals surface area contributed by atoms with Gasteiger partial charge in [-0.15, -0.1) is 0 Å². The van der Waals surface area contributed by atoms with Crippen molar-refractivity contribution >= 4 is 28.3 Å². The zero-order chi connectivity index (χ0) is 17.9. The largest absolute Gasteiger partial charge is 0.353 e. The number of aryl methyl sites for hydroxylation is 1. The molecule has 2 heterocycles. The average Bonchev–Trinajstić information content (AvgIpc) is 2.68. The van der Waals surface area contributed by atoms with Gasteiger partial charge in [-0.25, -0.2) is 9.78 Å². The molecule has 0 unspecified atom stereocenters. The predicted molar refractivity (Wildman–Crippen MR) is 106 cm³/mol. The number of amides is 2. The van der Waals surface area contributed by atoms with Gasteiger partial charge in [-0.2, -0.15) is 0 Å². The number of aromatic nitrogens is 1. The highest BCUT2D eigenvalue weighted by Gasteiger charge is 2.23. The Kier molecular flexibility index (Phi) is 4.44. The molecule has 2 amide bonds. The number of pyridine rings is 1. The van der Waals surface area contributed by atoms with Gasteiger partial charge in [0.05, 0.1) is 0 Å². The van der Waals surface area contributed by atoms with Crippen molar-refractivity contribution in [1.82, 2.24) is 9.88 Å². The van der Waals surface area contributed by atoms with Gasteiger partial charge in [-0.05, 0) is 36.1 Å². The fraction of sp³-hybridized carbons (Fsp3) is 0.238. The number of rotatable bonds is 2. The first-order valence-electron chi connectivity index (χ1n) is 8.92. The van der Waals surface area contributed by atoms with Crippen molar-refractivity contribution in [2.75, 3.05) is 36.4 Å². The molecule has 0 saturated carbocycles. The maximum atomic E-state index is 12.5. The summed E-state index contributed by atoms with van der Waals surface area (Å²) >= 11 is 0. The molecular formula is C21H22N4O. The number of nitrogens with zero attached hydrogens (tertiary/aromatic N) is 3. The summed E-state index contributed by atoms with van der Waals surface area (Å²) in [6.07, 6.45) is 1.86. The number of hydrogen-bond acceptors (Lipinski definition) is 3. The third-order valence-electron chi connectivity index (χ3n) is 4.79. The Labute approximate surface area is 153 Å². The van der Waals surface area contributed by atoms with Gasteiger partial charge in [0.15, 0.2) is 0 Å². The second-order valence-corrected chi connectivity index (χ2v) is 6.63. The van der Waals surface area contributed by atoms with E-state index in [0.717, 1.165) is 35.5 Å². The molecule has 0 atom stereocenters. The van der Waals surface area contributed by atoms with Gasteiger partial charge in [0.2, 0.25) is 0 Å². The first-order chi connectivity index (χ1) is 12.7. The molecule has 132 valence electrons. The first-order valence-corrected chi connectivity index (χ1v) is 8.92. The Morgan fingerprint density at radius 1 is 1.00 bits per heavy atom. The van der Waals surface area contributed by atoms with E-state index in [0.29, 0.717) is 13.1 Å². The second-order valence-electron chi connectivity index (χ2n) is 6.63. The molecule has 3 aromatic rings. The normalized spacial score (nSPS) is 14.5. The number of benzene rings is 2. The van der Waals surface area contributed by atoms with Crippen LogP contribution in [0.25, 0.3) is 10.8 Å². The predicted octanol–water partition coefficient (Wildman–Crippen LogP) is 3.90. The lowest BCUT2D eigenvalue weighted by atomic mass is 10.1. The molecule has 5 nitrogen and oxygen atoms in total. The van der Waals surface area contributed by atoms with Crippen LogP contribution in [0.5, 0.6) is 0 Å². The monoisotopic (exact) mass is 346 g/mol. The average molecular weight is 346 g/mol. The number of nitrogens with one attached hydrogen (secondary N) is 1. The fourth-order valence-electron chi connectivity index (χ4n) is 3.40. The fourth-order valence-corrected chi connectivity index (χ4v) is 3.40. The summed E-state index contributed by atoms with van der Waals surface area (Å²) in [7, 11) is 0. The number of fused-ring (bicyclic) bond motifs is 1. The van der Waals surface area contributed by atoms with Crippen molar-refractivity contribution < 1.29 is 4.79 Å². The van der Waals surface area contributed by atoms with Crippen LogP contribution >= 0.6 is 0 Å². The first kappa shape index (κ1) is 16.4. The summed E-state index contributed by atoms with van der Waals surface area (Å²) in [5, 5.41) is 5.34. The number of anilines is 2. The van der Waals surface area contributed by atoms with Crippen molar-refractivity contribution in [1.29, 1.82) is 0 Å². The van der Waals surface area contributed by atoms with E-state index in [9.17, 15) is 4.79 Å². The number of carbonyl (C=O) groups is 1. The van der Waals surface area contributed by atoms with Crippen molar-refractivity contribution in [2.45, 2.75) is 6.92 Å². The van der Waals surface area contributed by atoms with E-state index < -0.39 is 0 Å². The Bertz CT molecular complexity index is 927. The van der Waals surface area contributed by atoms with Gasteiger partial charge in [0.1, 0.15) is 5.82 Å². The van der Waals surface area contributed by atoms with Crippen molar-refractivity contribution in [3.63, 3.8) is 0 Å². The lowest BCUT2D eigenvalue weighted by molar-refractivity contribution is 0.208. The minimum Gasteiger partial charge on any atom is -0.353 e. The standard InChI is InChI=1S/C21H22N4O/c1-16-5-4-7-18(15-16)23-21(26)25-13-11-24(12-14-25)20-19-8-3-2-6-17(19)9-10-22-20/h2-10,15H,11-14H2,1H3,(H,23,26). The maximum Gasteiger partial charge on any atom is 0.321 e. The highest BCUT2D eigenvalue weighted by atomic mass is 16.2. The summed E-state index contributed by atoms with van der Waals surface area (Å²) in [5.74, 6) is 1.00. The van der Waals surface area contributed by atoms with Crippen LogP contribution in [0, 0.1) is 6.92 Å². The third kappa shape index (κ3) is 3.33.